The third-order valence-electron chi connectivity index (χ3n) is 2.84. The summed E-state index contributed by atoms with van der Waals surface area (Å²) in [6.07, 6.45) is 5.28. The van der Waals surface area contributed by atoms with E-state index < -0.39 is 0 Å². The minimum atomic E-state index is -0.364. The van der Waals surface area contributed by atoms with Crippen molar-refractivity contribution in [3.8, 4) is 0 Å². The lowest BCUT2D eigenvalue weighted by Gasteiger charge is -2.21. The van der Waals surface area contributed by atoms with E-state index in [1.165, 1.54) is 10.8 Å². The molecule has 18 heavy (non-hydrogen) atoms. The number of unbranched alkanes of at least 4 members (excludes halogenated alkanes) is 2. The van der Waals surface area contributed by atoms with Gasteiger partial charge in [0.05, 0.1) is 12.0 Å². The number of halogens is 1. The zero-order valence-electron chi connectivity index (χ0n) is 12.0. The lowest BCUT2D eigenvalue weighted by atomic mass is 9.87. The molecular weight excluding hydrogens is 343 g/mol. The highest BCUT2D eigenvalue weighted by Gasteiger charge is 2.28. The molecule has 0 amide bonds. The first-order valence-corrected chi connectivity index (χ1v) is 8.38. The molecule has 108 valence electrons. The van der Waals surface area contributed by atoms with Gasteiger partial charge in [-0.2, -0.15) is 0 Å². The highest BCUT2D eigenvalue weighted by Crippen LogP contribution is 2.24. The summed E-state index contributed by atoms with van der Waals surface area (Å²) in [5, 5.41) is 0. The average molecular weight is 370 g/mol. The second-order valence-corrected chi connectivity index (χ2v) is 6.15. The topological polar surface area (TPSA) is 35.5 Å². The predicted molar refractivity (Wildman–Crippen MR) is 83.2 cm³/mol. The van der Waals surface area contributed by atoms with E-state index in [0.29, 0.717) is 6.61 Å². The molecule has 0 bridgehead atoms. The van der Waals surface area contributed by atoms with Crippen molar-refractivity contribution in [1.29, 1.82) is 0 Å². The molecule has 0 aliphatic rings. The van der Waals surface area contributed by atoms with Crippen LogP contribution in [0.2, 0.25) is 0 Å². The van der Waals surface area contributed by atoms with Crippen molar-refractivity contribution in [3.05, 3.63) is 0 Å². The highest BCUT2D eigenvalue weighted by molar-refractivity contribution is 14.1. The van der Waals surface area contributed by atoms with Gasteiger partial charge in [0.1, 0.15) is 0 Å². The standard InChI is InChI=1S/C14H27IO3/c1-4-18-13(16)14(2,3)9-5-7-11-17-12-8-6-10-15/h4-12H2,1-3H3. The van der Waals surface area contributed by atoms with Crippen LogP contribution in [-0.2, 0) is 14.3 Å². The normalized spacial score (nSPS) is 11.6. The quantitative estimate of drug-likeness (QED) is 0.239. The minimum absolute atomic E-state index is 0.0898. The van der Waals surface area contributed by atoms with Crippen molar-refractivity contribution < 1.29 is 14.3 Å². The van der Waals surface area contributed by atoms with Gasteiger partial charge in [0.2, 0.25) is 0 Å². The maximum absolute atomic E-state index is 11.6. The number of carbonyl (C=O) groups excluding carboxylic acids is 1. The summed E-state index contributed by atoms with van der Waals surface area (Å²) in [5.41, 5.74) is -0.364. The maximum Gasteiger partial charge on any atom is 0.311 e. The van der Waals surface area contributed by atoms with Crippen LogP contribution in [0.25, 0.3) is 0 Å². The lowest BCUT2D eigenvalue weighted by Crippen LogP contribution is -2.26. The highest BCUT2D eigenvalue weighted by atomic mass is 127. The lowest BCUT2D eigenvalue weighted by molar-refractivity contribution is -0.153. The molecule has 0 saturated carbocycles. The summed E-state index contributed by atoms with van der Waals surface area (Å²) in [4.78, 5) is 11.6. The van der Waals surface area contributed by atoms with Gasteiger partial charge in [-0.1, -0.05) is 29.0 Å². The van der Waals surface area contributed by atoms with Crippen molar-refractivity contribution in [2.75, 3.05) is 24.2 Å². The molecule has 0 atom stereocenters. The molecule has 0 rings (SSSR count). The smallest absolute Gasteiger partial charge is 0.311 e. The van der Waals surface area contributed by atoms with Gasteiger partial charge in [0.25, 0.3) is 0 Å². The molecule has 0 saturated heterocycles. The SMILES string of the molecule is CCOC(=O)C(C)(C)CCCCOCCCCI. The number of carbonyl (C=O) groups is 1. The molecule has 0 aromatic heterocycles. The zero-order chi connectivity index (χ0) is 13.9. The Morgan fingerprint density at radius 1 is 1.11 bits per heavy atom. The molecule has 4 heteroatoms. The Labute approximate surface area is 125 Å². The predicted octanol–water partition coefficient (Wildman–Crippen LogP) is 3.98. The first-order valence-electron chi connectivity index (χ1n) is 6.85. The molecule has 0 aliphatic carbocycles. The summed E-state index contributed by atoms with van der Waals surface area (Å²) >= 11 is 2.38. The van der Waals surface area contributed by atoms with E-state index in [-0.39, 0.29) is 11.4 Å². The Hall–Kier alpha value is 0.160. The molecule has 0 aliphatic heterocycles. The van der Waals surface area contributed by atoms with Gasteiger partial charge < -0.3 is 9.47 Å². The van der Waals surface area contributed by atoms with Crippen molar-refractivity contribution in [2.24, 2.45) is 5.41 Å². The van der Waals surface area contributed by atoms with Crippen LogP contribution in [0.15, 0.2) is 0 Å². The Kier molecular flexibility index (Phi) is 11.1. The number of ether oxygens (including phenoxy) is 2. The molecule has 0 radical (unpaired) electrons. The number of hydrogen-bond donors (Lipinski definition) is 0. The van der Waals surface area contributed by atoms with Crippen LogP contribution >= 0.6 is 22.6 Å². The van der Waals surface area contributed by atoms with E-state index in [0.717, 1.165) is 38.9 Å². The number of hydrogen-bond acceptors (Lipinski definition) is 3. The Morgan fingerprint density at radius 3 is 2.28 bits per heavy atom. The second-order valence-electron chi connectivity index (χ2n) is 5.07. The number of esters is 1. The Bertz CT molecular complexity index is 217. The fourth-order valence-electron chi connectivity index (χ4n) is 1.60. The largest absolute Gasteiger partial charge is 0.466 e. The van der Waals surface area contributed by atoms with Crippen LogP contribution in [0.1, 0.15) is 52.9 Å². The van der Waals surface area contributed by atoms with Gasteiger partial charge in [-0.25, -0.2) is 0 Å². The first kappa shape index (κ1) is 18.2. The summed E-state index contributed by atoms with van der Waals surface area (Å²) in [5.74, 6) is -0.0898. The molecule has 0 unspecified atom stereocenters. The first-order chi connectivity index (χ1) is 8.54. The van der Waals surface area contributed by atoms with Crippen molar-refractivity contribution in [1.82, 2.24) is 0 Å². The van der Waals surface area contributed by atoms with Gasteiger partial charge >= 0.3 is 5.97 Å². The monoisotopic (exact) mass is 370 g/mol. The van der Waals surface area contributed by atoms with E-state index in [4.69, 9.17) is 9.47 Å². The average Bonchev–Trinajstić information content (AvgIpc) is 2.33. The van der Waals surface area contributed by atoms with Crippen molar-refractivity contribution in [3.63, 3.8) is 0 Å². The Morgan fingerprint density at radius 2 is 1.72 bits per heavy atom. The third kappa shape index (κ3) is 9.14. The van der Waals surface area contributed by atoms with Gasteiger partial charge in [0.15, 0.2) is 0 Å². The molecule has 0 N–H and O–H groups in total. The zero-order valence-corrected chi connectivity index (χ0v) is 14.1. The Balaban J connectivity index is 3.49. The number of alkyl halides is 1. The van der Waals surface area contributed by atoms with Crippen LogP contribution in [0.5, 0.6) is 0 Å². The number of rotatable bonds is 11. The van der Waals surface area contributed by atoms with Crippen LogP contribution in [0.3, 0.4) is 0 Å². The molecule has 3 nitrogen and oxygen atoms in total. The van der Waals surface area contributed by atoms with Crippen LogP contribution < -0.4 is 0 Å². The molecule has 0 spiro atoms. The van der Waals surface area contributed by atoms with E-state index in [9.17, 15) is 4.79 Å². The third-order valence-corrected chi connectivity index (χ3v) is 3.60. The summed E-state index contributed by atoms with van der Waals surface area (Å²) in [6.45, 7) is 7.88. The molecule has 0 heterocycles. The molecular formula is C14H27IO3. The minimum Gasteiger partial charge on any atom is -0.466 e. The fraction of sp³-hybridized carbons (Fsp3) is 0.929. The van der Waals surface area contributed by atoms with Gasteiger partial charge in [0, 0.05) is 13.2 Å². The van der Waals surface area contributed by atoms with Crippen LogP contribution in [0.4, 0.5) is 0 Å². The van der Waals surface area contributed by atoms with Crippen molar-refractivity contribution in [2.45, 2.75) is 52.9 Å². The van der Waals surface area contributed by atoms with E-state index >= 15 is 0 Å². The molecule has 0 fully saturated rings. The van der Waals surface area contributed by atoms with E-state index in [2.05, 4.69) is 22.6 Å². The van der Waals surface area contributed by atoms with E-state index in [1.807, 2.05) is 20.8 Å². The summed E-state index contributed by atoms with van der Waals surface area (Å²) < 4.78 is 11.8. The maximum atomic E-state index is 11.6. The second kappa shape index (κ2) is 11.0. The summed E-state index contributed by atoms with van der Waals surface area (Å²) in [7, 11) is 0. The van der Waals surface area contributed by atoms with Gasteiger partial charge in [-0.15, -0.1) is 0 Å². The van der Waals surface area contributed by atoms with E-state index in [1.54, 1.807) is 0 Å². The van der Waals surface area contributed by atoms with Crippen molar-refractivity contribution >= 4 is 28.6 Å². The fourth-order valence-corrected chi connectivity index (χ4v) is 2.14. The molecule has 0 aromatic carbocycles. The molecule has 0 aromatic rings. The van der Waals surface area contributed by atoms with Gasteiger partial charge in [-0.3, -0.25) is 4.79 Å². The van der Waals surface area contributed by atoms with Crippen LogP contribution in [0, 0.1) is 5.41 Å². The van der Waals surface area contributed by atoms with Gasteiger partial charge in [-0.05, 0) is 50.9 Å². The summed E-state index contributed by atoms with van der Waals surface area (Å²) in [6, 6.07) is 0. The van der Waals surface area contributed by atoms with Crippen LogP contribution in [-0.4, -0.2) is 30.2 Å².